The third-order valence-electron chi connectivity index (χ3n) is 4.82. The van der Waals surface area contributed by atoms with E-state index in [0.29, 0.717) is 11.6 Å². The van der Waals surface area contributed by atoms with E-state index in [1.807, 2.05) is 19.1 Å². The molecule has 3 nitrogen and oxygen atoms in total. The Morgan fingerprint density at radius 2 is 2.16 bits per heavy atom. The number of carbonyl (C=O) groups excluding carboxylic acids is 1. The van der Waals surface area contributed by atoms with Crippen LogP contribution < -0.4 is 5.32 Å². The maximum absolute atomic E-state index is 11.7. The van der Waals surface area contributed by atoms with Crippen LogP contribution in [0.4, 0.5) is 5.69 Å². The van der Waals surface area contributed by atoms with Gasteiger partial charge < -0.3 is 10.1 Å². The molecular formula is C16H21NO2. The summed E-state index contributed by atoms with van der Waals surface area (Å²) >= 11 is 0. The van der Waals surface area contributed by atoms with Crippen LogP contribution in [0.3, 0.4) is 0 Å². The molecule has 2 aliphatic rings. The minimum Gasteiger partial charge on any atom is -0.465 e. The monoisotopic (exact) mass is 259 g/mol. The van der Waals surface area contributed by atoms with Gasteiger partial charge in [-0.2, -0.15) is 0 Å². The minimum atomic E-state index is -0.255. The van der Waals surface area contributed by atoms with E-state index in [1.54, 1.807) is 0 Å². The summed E-state index contributed by atoms with van der Waals surface area (Å²) in [5.41, 5.74) is 2.74. The van der Waals surface area contributed by atoms with E-state index < -0.39 is 0 Å². The Balaban J connectivity index is 1.79. The molecule has 0 saturated heterocycles. The molecule has 0 amide bonds. The first-order valence-corrected chi connectivity index (χ1v) is 7.13. The number of rotatable bonds is 3. The lowest BCUT2D eigenvalue weighted by atomic mass is 9.94. The van der Waals surface area contributed by atoms with Crippen molar-refractivity contribution in [2.45, 2.75) is 38.6 Å². The first-order chi connectivity index (χ1) is 9.19. The van der Waals surface area contributed by atoms with Crippen molar-refractivity contribution >= 4 is 11.7 Å². The van der Waals surface area contributed by atoms with Crippen molar-refractivity contribution in [2.24, 2.45) is 11.8 Å². The predicted molar refractivity (Wildman–Crippen MR) is 75.4 cm³/mol. The number of anilines is 1. The number of hydrogen-bond donors (Lipinski definition) is 1. The van der Waals surface area contributed by atoms with Crippen LogP contribution in [0.5, 0.6) is 0 Å². The van der Waals surface area contributed by atoms with E-state index >= 15 is 0 Å². The molecule has 3 unspecified atom stereocenters. The Labute approximate surface area is 114 Å². The normalized spacial score (nSPS) is 28.4. The number of benzene rings is 1. The maximum atomic E-state index is 11.7. The first-order valence-electron chi connectivity index (χ1n) is 7.13. The second kappa shape index (κ2) is 4.87. The molecular weight excluding hydrogens is 238 g/mol. The fourth-order valence-electron chi connectivity index (χ4n) is 3.74. The molecule has 0 aliphatic heterocycles. The van der Waals surface area contributed by atoms with Gasteiger partial charge >= 0.3 is 5.97 Å². The van der Waals surface area contributed by atoms with Crippen molar-refractivity contribution in [2.75, 3.05) is 12.4 Å². The van der Waals surface area contributed by atoms with Gasteiger partial charge in [0.15, 0.2) is 0 Å². The number of ether oxygens (including phenoxy) is 1. The second-order valence-electron chi connectivity index (χ2n) is 5.90. The van der Waals surface area contributed by atoms with Crippen molar-refractivity contribution < 1.29 is 9.53 Å². The van der Waals surface area contributed by atoms with Crippen LogP contribution in [0.15, 0.2) is 18.2 Å². The van der Waals surface area contributed by atoms with Gasteiger partial charge in [-0.3, -0.25) is 0 Å². The molecule has 2 bridgehead atoms. The molecule has 2 fully saturated rings. The van der Waals surface area contributed by atoms with Crippen molar-refractivity contribution in [3.8, 4) is 0 Å². The van der Waals surface area contributed by atoms with Crippen molar-refractivity contribution in [3.63, 3.8) is 0 Å². The summed E-state index contributed by atoms with van der Waals surface area (Å²) in [4.78, 5) is 11.7. The van der Waals surface area contributed by atoms with Crippen LogP contribution in [0, 0.1) is 18.8 Å². The molecule has 3 atom stereocenters. The van der Waals surface area contributed by atoms with Crippen LogP contribution in [-0.2, 0) is 4.74 Å². The SMILES string of the molecule is COC(=O)c1cccc(NC2CC3CCC2C3)c1C. The van der Waals surface area contributed by atoms with Crippen LogP contribution in [0.25, 0.3) is 0 Å². The summed E-state index contributed by atoms with van der Waals surface area (Å²) in [7, 11) is 1.43. The molecule has 3 rings (SSSR count). The summed E-state index contributed by atoms with van der Waals surface area (Å²) < 4.78 is 4.82. The molecule has 0 spiro atoms. The molecule has 2 saturated carbocycles. The summed E-state index contributed by atoms with van der Waals surface area (Å²) in [6, 6.07) is 6.40. The first kappa shape index (κ1) is 12.5. The summed E-state index contributed by atoms with van der Waals surface area (Å²) in [6.07, 6.45) is 5.43. The maximum Gasteiger partial charge on any atom is 0.338 e. The van der Waals surface area contributed by atoms with E-state index in [-0.39, 0.29) is 5.97 Å². The van der Waals surface area contributed by atoms with Gasteiger partial charge in [0.05, 0.1) is 12.7 Å². The second-order valence-corrected chi connectivity index (χ2v) is 5.90. The fraction of sp³-hybridized carbons (Fsp3) is 0.562. The molecule has 0 heterocycles. The third-order valence-corrected chi connectivity index (χ3v) is 4.82. The Bertz CT molecular complexity index is 498. The van der Waals surface area contributed by atoms with E-state index in [0.717, 1.165) is 23.1 Å². The summed E-state index contributed by atoms with van der Waals surface area (Å²) in [5, 5.41) is 3.65. The predicted octanol–water partition coefficient (Wildman–Crippen LogP) is 3.38. The quantitative estimate of drug-likeness (QED) is 0.846. The van der Waals surface area contributed by atoms with Gasteiger partial charge in [-0.15, -0.1) is 0 Å². The third kappa shape index (κ3) is 2.22. The molecule has 1 aromatic rings. The van der Waals surface area contributed by atoms with E-state index in [9.17, 15) is 4.79 Å². The fourth-order valence-corrected chi connectivity index (χ4v) is 3.74. The average Bonchev–Trinajstić information content (AvgIpc) is 3.02. The van der Waals surface area contributed by atoms with E-state index in [2.05, 4.69) is 11.4 Å². The van der Waals surface area contributed by atoms with Crippen molar-refractivity contribution in [1.82, 2.24) is 0 Å². The zero-order valence-electron chi connectivity index (χ0n) is 11.6. The lowest BCUT2D eigenvalue weighted by Crippen LogP contribution is -2.26. The zero-order chi connectivity index (χ0) is 13.4. The molecule has 19 heavy (non-hydrogen) atoms. The topological polar surface area (TPSA) is 38.3 Å². The number of methoxy groups -OCH3 is 1. The van der Waals surface area contributed by atoms with Crippen LogP contribution >= 0.6 is 0 Å². The average molecular weight is 259 g/mol. The highest BCUT2D eigenvalue weighted by molar-refractivity contribution is 5.92. The van der Waals surface area contributed by atoms with Crippen LogP contribution in [0.2, 0.25) is 0 Å². The molecule has 102 valence electrons. The number of hydrogen-bond acceptors (Lipinski definition) is 3. The number of nitrogens with one attached hydrogen (secondary N) is 1. The van der Waals surface area contributed by atoms with Gasteiger partial charge in [-0.25, -0.2) is 4.79 Å². The highest BCUT2D eigenvalue weighted by atomic mass is 16.5. The lowest BCUT2D eigenvalue weighted by molar-refractivity contribution is 0.0600. The Morgan fingerprint density at radius 1 is 1.32 bits per heavy atom. The van der Waals surface area contributed by atoms with Gasteiger partial charge in [0.2, 0.25) is 0 Å². The van der Waals surface area contributed by atoms with Gasteiger partial charge in [-0.1, -0.05) is 12.5 Å². The Hall–Kier alpha value is -1.51. The van der Waals surface area contributed by atoms with Crippen LogP contribution in [-0.4, -0.2) is 19.1 Å². The molecule has 3 heteroatoms. The number of esters is 1. The molecule has 1 N–H and O–H groups in total. The smallest absolute Gasteiger partial charge is 0.338 e. The highest BCUT2D eigenvalue weighted by Gasteiger charge is 2.39. The standard InChI is InChI=1S/C16H21NO2/c1-10-13(16(18)19-2)4-3-5-14(10)17-15-9-11-6-7-12(15)8-11/h3-5,11-12,15,17H,6-9H2,1-2H3. The lowest BCUT2D eigenvalue weighted by Gasteiger charge is -2.25. The van der Waals surface area contributed by atoms with Crippen LogP contribution in [0.1, 0.15) is 41.6 Å². The zero-order valence-corrected chi connectivity index (χ0v) is 11.6. The van der Waals surface area contributed by atoms with E-state index in [4.69, 9.17) is 4.74 Å². The number of carbonyl (C=O) groups is 1. The molecule has 1 aromatic carbocycles. The van der Waals surface area contributed by atoms with Gasteiger partial charge in [0.1, 0.15) is 0 Å². The van der Waals surface area contributed by atoms with E-state index in [1.165, 1.54) is 32.8 Å². The summed E-state index contributed by atoms with van der Waals surface area (Å²) in [5.74, 6) is 1.49. The molecule has 2 aliphatic carbocycles. The highest BCUT2D eigenvalue weighted by Crippen LogP contribution is 2.45. The van der Waals surface area contributed by atoms with Crippen molar-refractivity contribution in [3.05, 3.63) is 29.3 Å². The van der Waals surface area contributed by atoms with Gasteiger partial charge in [0, 0.05) is 11.7 Å². The summed E-state index contributed by atoms with van der Waals surface area (Å²) in [6.45, 7) is 1.99. The van der Waals surface area contributed by atoms with Crippen molar-refractivity contribution in [1.29, 1.82) is 0 Å². The largest absolute Gasteiger partial charge is 0.465 e. The minimum absolute atomic E-state index is 0.255. The Morgan fingerprint density at radius 3 is 2.79 bits per heavy atom. The van der Waals surface area contributed by atoms with Gasteiger partial charge in [-0.05, 0) is 55.7 Å². The molecule has 0 radical (unpaired) electrons. The Kier molecular flexibility index (Phi) is 3.21. The molecule has 0 aromatic heterocycles. The van der Waals surface area contributed by atoms with Gasteiger partial charge in [0.25, 0.3) is 0 Å². The number of fused-ring (bicyclic) bond motifs is 2.